The maximum atomic E-state index is 10.9. The number of nitrogens with zero attached hydrogens (tertiary/aromatic N) is 2. The van der Waals surface area contributed by atoms with Gasteiger partial charge in [-0.3, -0.25) is 0 Å². The van der Waals surface area contributed by atoms with Gasteiger partial charge in [-0.05, 0) is 79.6 Å². The van der Waals surface area contributed by atoms with E-state index < -0.39 is 0 Å². The minimum absolute atomic E-state index is 0.0684. The molecule has 0 aliphatic heterocycles. The van der Waals surface area contributed by atoms with Gasteiger partial charge in [-0.2, -0.15) is 0 Å². The third kappa shape index (κ3) is 4.82. The first-order valence-electron chi connectivity index (χ1n) is 11.4. The number of rotatable bonds is 7. The van der Waals surface area contributed by atoms with Crippen LogP contribution < -0.4 is 0 Å². The van der Waals surface area contributed by atoms with Crippen LogP contribution in [0.3, 0.4) is 0 Å². The lowest BCUT2D eigenvalue weighted by molar-refractivity contribution is 0.977. The van der Waals surface area contributed by atoms with Gasteiger partial charge in [0, 0.05) is 5.92 Å². The van der Waals surface area contributed by atoms with Crippen LogP contribution in [0, 0.1) is 9.81 Å². The van der Waals surface area contributed by atoms with E-state index in [9.17, 15) is 9.81 Å². The van der Waals surface area contributed by atoms with Crippen molar-refractivity contribution < 1.29 is 0 Å². The van der Waals surface area contributed by atoms with Gasteiger partial charge in [0.1, 0.15) is 11.4 Å². The van der Waals surface area contributed by atoms with E-state index in [-0.39, 0.29) is 5.92 Å². The summed E-state index contributed by atoms with van der Waals surface area (Å²) in [6.07, 6.45) is 0. The Kier molecular flexibility index (Phi) is 6.35. The molecule has 0 radical (unpaired) electrons. The Balaban J connectivity index is 1.51. The van der Waals surface area contributed by atoms with Crippen LogP contribution >= 0.6 is 0 Å². The lowest BCUT2D eigenvalue weighted by Crippen LogP contribution is -2.03. The first kappa shape index (κ1) is 22.1. The summed E-state index contributed by atoms with van der Waals surface area (Å²) in [5, 5.41) is 6.03. The molecular weight excluding hydrogens is 432 g/mol. The second kappa shape index (κ2) is 10.1. The average molecular weight is 455 g/mol. The van der Waals surface area contributed by atoms with Crippen LogP contribution in [0.2, 0.25) is 0 Å². The Morgan fingerprint density at radius 2 is 0.800 bits per heavy atom. The van der Waals surface area contributed by atoms with E-state index in [2.05, 4.69) is 71.0 Å². The van der Waals surface area contributed by atoms with Crippen molar-refractivity contribution in [3.8, 4) is 22.3 Å². The predicted molar refractivity (Wildman–Crippen MR) is 142 cm³/mol. The van der Waals surface area contributed by atoms with Gasteiger partial charge in [-0.15, -0.1) is 9.81 Å². The molecule has 5 rings (SSSR count). The monoisotopic (exact) mass is 454 g/mol. The molecule has 0 spiro atoms. The van der Waals surface area contributed by atoms with Gasteiger partial charge >= 0.3 is 0 Å². The topological polar surface area (TPSA) is 58.9 Å². The summed E-state index contributed by atoms with van der Waals surface area (Å²) < 4.78 is 0. The molecule has 168 valence electrons. The van der Waals surface area contributed by atoms with Gasteiger partial charge in [0.2, 0.25) is 0 Å². The molecule has 0 heterocycles. The fraction of sp³-hybridized carbons (Fsp3) is 0.0323. The average Bonchev–Trinajstić information content (AvgIpc) is 2.95. The summed E-state index contributed by atoms with van der Waals surface area (Å²) in [4.78, 5) is 21.8. The second-order valence-corrected chi connectivity index (χ2v) is 8.37. The van der Waals surface area contributed by atoms with Crippen molar-refractivity contribution >= 4 is 11.4 Å². The zero-order valence-corrected chi connectivity index (χ0v) is 18.9. The predicted octanol–water partition coefficient (Wildman–Crippen LogP) is 9.00. The molecule has 5 aromatic rings. The molecule has 0 aliphatic carbocycles. The van der Waals surface area contributed by atoms with Gasteiger partial charge < -0.3 is 0 Å². The van der Waals surface area contributed by atoms with Crippen LogP contribution in [0.5, 0.6) is 0 Å². The fourth-order valence-electron chi connectivity index (χ4n) is 4.41. The van der Waals surface area contributed by atoms with Gasteiger partial charge in [0.15, 0.2) is 0 Å². The molecular formula is C31H22N2O2. The minimum atomic E-state index is -0.0684. The van der Waals surface area contributed by atoms with Crippen LogP contribution in [0.4, 0.5) is 11.4 Å². The Bertz CT molecular complexity index is 1390. The summed E-state index contributed by atoms with van der Waals surface area (Å²) in [6, 6.07) is 42.0. The van der Waals surface area contributed by atoms with E-state index in [4.69, 9.17) is 0 Å². The first-order chi connectivity index (χ1) is 17.2. The Labute approximate surface area is 203 Å². The first-order valence-corrected chi connectivity index (χ1v) is 11.4. The van der Waals surface area contributed by atoms with E-state index in [1.165, 1.54) is 11.1 Å². The molecule has 0 N–H and O–H groups in total. The molecule has 4 nitrogen and oxygen atoms in total. The molecule has 0 aromatic heterocycles. The van der Waals surface area contributed by atoms with E-state index in [0.29, 0.717) is 11.4 Å². The van der Waals surface area contributed by atoms with E-state index >= 15 is 0 Å². The van der Waals surface area contributed by atoms with E-state index in [1.807, 2.05) is 42.5 Å². The Morgan fingerprint density at radius 3 is 1.26 bits per heavy atom. The molecule has 0 aliphatic rings. The molecule has 5 aromatic carbocycles. The minimum Gasteiger partial charge on any atom is -0.145 e. The highest BCUT2D eigenvalue weighted by molar-refractivity contribution is 5.73. The summed E-state index contributed by atoms with van der Waals surface area (Å²) in [6.45, 7) is 0. The molecule has 0 atom stereocenters. The van der Waals surface area contributed by atoms with Crippen LogP contribution in [-0.4, -0.2) is 0 Å². The third-order valence-corrected chi connectivity index (χ3v) is 6.21. The highest BCUT2D eigenvalue weighted by atomic mass is 16.3. The standard InChI is InChI=1S/C31H22N2O2/c34-32-29-17-13-25(14-18-29)31(26-15-19-30(33-35)20-16-26)24-11-9-23(10-12-24)28-8-4-7-27(21-28)22-5-2-1-3-6-22/h1-21,31H. The van der Waals surface area contributed by atoms with Gasteiger partial charge in [-0.25, -0.2) is 0 Å². The summed E-state index contributed by atoms with van der Waals surface area (Å²) in [5.41, 5.74) is 8.59. The van der Waals surface area contributed by atoms with Gasteiger partial charge in [0.25, 0.3) is 0 Å². The number of benzene rings is 5. The van der Waals surface area contributed by atoms with Gasteiger partial charge in [-0.1, -0.05) is 97.1 Å². The van der Waals surface area contributed by atoms with Crippen molar-refractivity contribution in [2.24, 2.45) is 10.4 Å². The molecule has 35 heavy (non-hydrogen) atoms. The van der Waals surface area contributed by atoms with Crippen molar-refractivity contribution in [1.29, 1.82) is 0 Å². The zero-order valence-electron chi connectivity index (χ0n) is 18.9. The molecule has 0 bridgehead atoms. The Hall–Kier alpha value is -4.70. The van der Waals surface area contributed by atoms with Crippen molar-refractivity contribution in [2.75, 3.05) is 0 Å². The number of nitroso groups, excluding NO2 is 2. The van der Waals surface area contributed by atoms with Crippen molar-refractivity contribution in [3.63, 3.8) is 0 Å². The van der Waals surface area contributed by atoms with Gasteiger partial charge in [0.05, 0.1) is 0 Å². The van der Waals surface area contributed by atoms with Crippen LogP contribution in [-0.2, 0) is 0 Å². The fourth-order valence-corrected chi connectivity index (χ4v) is 4.41. The summed E-state index contributed by atoms with van der Waals surface area (Å²) in [5.74, 6) is -0.0684. The maximum absolute atomic E-state index is 10.9. The molecule has 0 fully saturated rings. The lowest BCUT2D eigenvalue weighted by Gasteiger charge is -2.19. The Morgan fingerprint density at radius 1 is 0.400 bits per heavy atom. The molecule has 0 saturated carbocycles. The van der Waals surface area contributed by atoms with E-state index in [0.717, 1.165) is 27.8 Å². The maximum Gasteiger partial charge on any atom is 0.108 e. The smallest absolute Gasteiger partial charge is 0.108 e. The third-order valence-electron chi connectivity index (χ3n) is 6.21. The lowest BCUT2D eigenvalue weighted by atomic mass is 9.84. The molecule has 0 unspecified atom stereocenters. The van der Waals surface area contributed by atoms with E-state index in [1.54, 1.807) is 24.3 Å². The van der Waals surface area contributed by atoms with Crippen LogP contribution in [0.15, 0.2) is 138 Å². The number of hydrogen-bond donors (Lipinski definition) is 0. The normalized spacial score (nSPS) is 10.8. The highest BCUT2D eigenvalue weighted by Crippen LogP contribution is 2.35. The number of hydrogen-bond acceptors (Lipinski definition) is 4. The molecule has 4 heteroatoms. The molecule has 0 saturated heterocycles. The zero-order chi connectivity index (χ0) is 24.0. The van der Waals surface area contributed by atoms with Crippen LogP contribution in [0.25, 0.3) is 22.3 Å². The largest absolute Gasteiger partial charge is 0.145 e. The quantitative estimate of drug-likeness (QED) is 0.182. The SMILES string of the molecule is O=Nc1ccc(C(c2ccc(N=O)cc2)c2ccc(-c3cccc(-c4ccccc4)c3)cc2)cc1. The highest BCUT2D eigenvalue weighted by Gasteiger charge is 2.17. The van der Waals surface area contributed by atoms with Crippen molar-refractivity contribution in [1.82, 2.24) is 0 Å². The van der Waals surface area contributed by atoms with Crippen molar-refractivity contribution in [3.05, 3.63) is 154 Å². The van der Waals surface area contributed by atoms with Crippen molar-refractivity contribution in [2.45, 2.75) is 5.92 Å². The summed E-state index contributed by atoms with van der Waals surface area (Å²) >= 11 is 0. The molecule has 0 amide bonds. The van der Waals surface area contributed by atoms with Crippen LogP contribution in [0.1, 0.15) is 22.6 Å². The second-order valence-electron chi connectivity index (χ2n) is 8.37. The summed E-state index contributed by atoms with van der Waals surface area (Å²) in [7, 11) is 0.